The summed E-state index contributed by atoms with van der Waals surface area (Å²) in [5, 5.41) is 3.24. The smallest absolute Gasteiger partial charge is 0.323 e. The van der Waals surface area contributed by atoms with E-state index < -0.39 is 10.0 Å². The Kier molecular flexibility index (Phi) is 4.79. The molecule has 1 aromatic heterocycles. The number of sulfonamides is 1. The first-order valence-electron chi connectivity index (χ1n) is 9.17. The Morgan fingerprint density at radius 1 is 1.07 bits per heavy atom. The molecule has 2 aromatic rings. The molecule has 1 unspecified atom stereocenters. The molecule has 2 aliphatic rings. The van der Waals surface area contributed by atoms with E-state index in [0.717, 1.165) is 19.4 Å². The van der Waals surface area contributed by atoms with E-state index in [1.807, 2.05) is 0 Å². The largest absolute Gasteiger partial charge is 0.340 e. The average molecular weight is 393 g/mol. The van der Waals surface area contributed by atoms with E-state index in [0.29, 0.717) is 30.7 Å². The Balaban J connectivity index is 1.45. The first kappa shape index (κ1) is 18.2. The van der Waals surface area contributed by atoms with Crippen LogP contribution >= 0.6 is 0 Å². The number of piperidine rings is 1. The molecule has 10 heteroatoms. The molecule has 0 bridgehead atoms. The average Bonchev–Trinajstić information content (AvgIpc) is 3.07. The molecule has 0 saturated carbocycles. The lowest BCUT2D eigenvalue weighted by Crippen LogP contribution is -2.53. The van der Waals surface area contributed by atoms with Crippen molar-refractivity contribution in [2.45, 2.75) is 17.7 Å². The Bertz CT molecular complexity index is 998. The SMILES string of the molecule is O=C(C1CCCNC1)N1CCN(S(=O)(=O)c2ccc3[nH]c(=O)[nH]c3c2)CC1. The maximum absolute atomic E-state index is 12.9. The second-order valence-electron chi connectivity index (χ2n) is 7.06. The van der Waals surface area contributed by atoms with Crippen molar-refractivity contribution in [3.63, 3.8) is 0 Å². The first-order valence-corrected chi connectivity index (χ1v) is 10.6. The molecular weight excluding hydrogens is 370 g/mol. The second kappa shape index (κ2) is 7.10. The van der Waals surface area contributed by atoms with Crippen molar-refractivity contribution in [2.75, 3.05) is 39.3 Å². The maximum Gasteiger partial charge on any atom is 0.323 e. The van der Waals surface area contributed by atoms with E-state index in [2.05, 4.69) is 15.3 Å². The Labute approximate surface area is 156 Å². The standard InChI is InChI=1S/C17H23N5O4S/c23-16(12-2-1-5-18-11-12)21-6-8-22(9-7-21)27(25,26)13-3-4-14-15(10-13)20-17(24)19-14/h3-4,10,12,18H,1-2,5-9,11H2,(H2,19,20,24). The highest BCUT2D eigenvalue weighted by atomic mass is 32.2. The molecule has 4 rings (SSSR count). The molecule has 1 atom stereocenters. The summed E-state index contributed by atoms with van der Waals surface area (Å²) in [6.45, 7) is 3.00. The number of imidazole rings is 1. The molecule has 0 spiro atoms. The van der Waals surface area contributed by atoms with Gasteiger partial charge in [0.15, 0.2) is 0 Å². The third-order valence-electron chi connectivity index (χ3n) is 5.32. The second-order valence-corrected chi connectivity index (χ2v) is 9.00. The van der Waals surface area contributed by atoms with Crippen molar-refractivity contribution < 1.29 is 13.2 Å². The number of aromatic nitrogens is 2. The molecule has 3 heterocycles. The fourth-order valence-corrected chi connectivity index (χ4v) is 5.24. The fraction of sp³-hybridized carbons (Fsp3) is 0.529. The van der Waals surface area contributed by atoms with Crippen LogP contribution in [-0.2, 0) is 14.8 Å². The summed E-state index contributed by atoms with van der Waals surface area (Å²) in [6, 6.07) is 4.54. The number of hydrogen-bond acceptors (Lipinski definition) is 5. The van der Waals surface area contributed by atoms with Gasteiger partial charge in [-0.2, -0.15) is 4.31 Å². The summed E-state index contributed by atoms with van der Waals surface area (Å²) in [5.41, 5.74) is 0.652. The third kappa shape index (κ3) is 3.52. The van der Waals surface area contributed by atoms with Gasteiger partial charge in [0, 0.05) is 32.7 Å². The number of H-pyrrole nitrogens is 2. The predicted octanol–water partition coefficient (Wildman–Crippen LogP) is -0.311. The number of fused-ring (bicyclic) bond motifs is 1. The van der Waals surface area contributed by atoms with Gasteiger partial charge in [0.25, 0.3) is 0 Å². The summed E-state index contributed by atoms with van der Waals surface area (Å²) in [7, 11) is -3.67. The van der Waals surface area contributed by atoms with E-state index >= 15 is 0 Å². The Morgan fingerprint density at radius 2 is 1.81 bits per heavy atom. The lowest BCUT2D eigenvalue weighted by molar-refractivity contribution is -0.137. The maximum atomic E-state index is 12.9. The molecule has 3 N–H and O–H groups in total. The molecule has 2 fully saturated rings. The van der Waals surface area contributed by atoms with Gasteiger partial charge < -0.3 is 20.2 Å². The van der Waals surface area contributed by atoms with Gasteiger partial charge in [-0.25, -0.2) is 13.2 Å². The molecular formula is C17H23N5O4S. The van der Waals surface area contributed by atoms with Crippen LogP contribution in [-0.4, -0.2) is 72.8 Å². The van der Waals surface area contributed by atoms with Gasteiger partial charge in [0.1, 0.15) is 0 Å². The van der Waals surface area contributed by atoms with Crippen LogP contribution in [0.5, 0.6) is 0 Å². The zero-order chi connectivity index (χ0) is 19.0. The monoisotopic (exact) mass is 393 g/mol. The van der Waals surface area contributed by atoms with Crippen LogP contribution in [0.25, 0.3) is 11.0 Å². The Hall–Kier alpha value is -2.17. The lowest BCUT2D eigenvalue weighted by atomic mass is 9.98. The highest BCUT2D eigenvalue weighted by molar-refractivity contribution is 7.89. The van der Waals surface area contributed by atoms with Crippen molar-refractivity contribution in [1.82, 2.24) is 24.5 Å². The fourth-order valence-electron chi connectivity index (χ4n) is 3.79. The summed E-state index contributed by atoms with van der Waals surface area (Å²) in [6.07, 6.45) is 1.88. The number of piperazine rings is 1. The minimum Gasteiger partial charge on any atom is -0.340 e. The highest BCUT2D eigenvalue weighted by Crippen LogP contribution is 2.22. The van der Waals surface area contributed by atoms with Gasteiger partial charge in [-0.3, -0.25) is 4.79 Å². The van der Waals surface area contributed by atoms with E-state index in [9.17, 15) is 18.0 Å². The van der Waals surface area contributed by atoms with Gasteiger partial charge in [-0.15, -0.1) is 0 Å². The van der Waals surface area contributed by atoms with Crippen LogP contribution < -0.4 is 11.0 Å². The van der Waals surface area contributed by atoms with Gasteiger partial charge in [-0.1, -0.05) is 0 Å². The molecule has 2 saturated heterocycles. The number of amides is 1. The van der Waals surface area contributed by atoms with Crippen molar-refractivity contribution in [2.24, 2.45) is 5.92 Å². The number of rotatable bonds is 3. The predicted molar refractivity (Wildman–Crippen MR) is 99.9 cm³/mol. The molecule has 27 heavy (non-hydrogen) atoms. The molecule has 146 valence electrons. The first-order chi connectivity index (χ1) is 12.9. The van der Waals surface area contributed by atoms with E-state index in [4.69, 9.17) is 0 Å². The van der Waals surface area contributed by atoms with Gasteiger partial charge in [0.2, 0.25) is 15.9 Å². The summed E-state index contributed by atoms with van der Waals surface area (Å²) >= 11 is 0. The topological polar surface area (TPSA) is 118 Å². The number of aromatic amines is 2. The highest BCUT2D eigenvalue weighted by Gasteiger charge is 2.33. The van der Waals surface area contributed by atoms with Crippen LogP contribution in [0.15, 0.2) is 27.9 Å². The van der Waals surface area contributed by atoms with E-state index in [1.165, 1.54) is 16.4 Å². The molecule has 0 aliphatic carbocycles. The van der Waals surface area contributed by atoms with Gasteiger partial charge >= 0.3 is 5.69 Å². The molecule has 2 aliphatic heterocycles. The zero-order valence-electron chi connectivity index (χ0n) is 14.9. The summed E-state index contributed by atoms with van der Waals surface area (Å²) in [4.78, 5) is 31.1. The summed E-state index contributed by atoms with van der Waals surface area (Å²) < 4.78 is 27.3. The molecule has 0 radical (unpaired) electrons. The number of nitrogens with one attached hydrogen (secondary N) is 3. The quantitative estimate of drug-likeness (QED) is 0.661. The number of carbonyl (C=O) groups excluding carboxylic acids is 1. The van der Waals surface area contributed by atoms with Gasteiger partial charge in [0.05, 0.1) is 21.8 Å². The van der Waals surface area contributed by atoms with Crippen molar-refractivity contribution in [3.8, 4) is 0 Å². The van der Waals surface area contributed by atoms with Crippen LogP contribution in [0.4, 0.5) is 0 Å². The normalized spacial score (nSPS) is 22.2. The van der Waals surface area contributed by atoms with E-state index in [-0.39, 0.29) is 35.5 Å². The third-order valence-corrected chi connectivity index (χ3v) is 7.22. The van der Waals surface area contributed by atoms with Crippen LogP contribution in [0.2, 0.25) is 0 Å². The van der Waals surface area contributed by atoms with E-state index in [1.54, 1.807) is 11.0 Å². The lowest BCUT2D eigenvalue weighted by Gasteiger charge is -2.36. The number of benzene rings is 1. The minimum atomic E-state index is -3.67. The molecule has 1 aromatic carbocycles. The van der Waals surface area contributed by atoms with Crippen LogP contribution in [0.3, 0.4) is 0 Å². The minimum absolute atomic E-state index is 0.00488. The van der Waals surface area contributed by atoms with Crippen molar-refractivity contribution in [3.05, 3.63) is 28.7 Å². The van der Waals surface area contributed by atoms with Crippen LogP contribution in [0.1, 0.15) is 12.8 Å². The zero-order valence-corrected chi connectivity index (χ0v) is 15.7. The van der Waals surface area contributed by atoms with Crippen molar-refractivity contribution >= 4 is 27.0 Å². The number of carbonyl (C=O) groups is 1. The summed E-state index contributed by atoms with van der Waals surface area (Å²) in [5.74, 6) is 0.111. The van der Waals surface area contributed by atoms with Gasteiger partial charge in [-0.05, 0) is 37.6 Å². The number of hydrogen-bond donors (Lipinski definition) is 3. The van der Waals surface area contributed by atoms with Crippen molar-refractivity contribution in [1.29, 1.82) is 0 Å². The molecule has 1 amide bonds. The Morgan fingerprint density at radius 3 is 2.52 bits per heavy atom. The number of nitrogens with zero attached hydrogens (tertiary/aromatic N) is 2. The molecule has 9 nitrogen and oxygen atoms in total. The van der Waals surface area contributed by atoms with Crippen LogP contribution in [0, 0.1) is 5.92 Å².